The van der Waals surface area contributed by atoms with Gasteiger partial charge >= 0.3 is 6.18 Å². The van der Waals surface area contributed by atoms with Crippen molar-refractivity contribution in [1.82, 2.24) is 9.97 Å². The van der Waals surface area contributed by atoms with Crippen LogP contribution in [0, 0.1) is 5.92 Å². The van der Waals surface area contributed by atoms with E-state index in [2.05, 4.69) is 29.1 Å². The summed E-state index contributed by atoms with van der Waals surface area (Å²) in [6, 6.07) is 7.00. The molecule has 0 aliphatic rings. The minimum absolute atomic E-state index is 0.0181. The van der Waals surface area contributed by atoms with Crippen LogP contribution in [0.15, 0.2) is 30.5 Å². The molecule has 0 unspecified atom stereocenters. The molecule has 0 saturated carbocycles. The predicted molar refractivity (Wildman–Crippen MR) is 92.9 cm³/mol. The normalized spacial score (nSPS) is 11.7. The number of nitrogens with one attached hydrogen (secondary N) is 1. The number of nitrogens with zero attached hydrogens (tertiary/aromatic N) is 2. The number of hydrogen-bond acceptors (Lipinski definition) is 5. The van der Waals surface area contributed by atoms with Gasteiger partial charge in [-0.05, 0) is 44.0 Å². The van der Waals surface area contributed by atoms with Gasteiger partial charge in [0, 0.05) is 11.9 Å². The lowest BCUT2D eigenvalue weighted by Crippen LogP contribution is -2.15. The van der Waals surface area contributed by atoms with Crippen LogP contribution >= 0.6 is 0 Å². The molecule has 0 bridgehead atoms. The maximum atomic E-state index is 13.0. The molecule has 0 saturated heterocycles. The Labute approximate surface area is 150 Å². The van der Waals surface area contributed by atoms with Gasteiger partial charge in [0.25, 0.3) is 0 Å². The van der Waals surface area contributed by atoms with Crippen molar-refractivity contribution in [3.63, 3.8) is 0 Å². The van der Waals surface area contributed by atoms with Gasteiger partial charge < -0.3 is 14.8 Å². The summed E-state index contributed by atoms with van der Waals surface area (Å²) in [6.45, 7) is 7.96. The van der Waals surface area contributed by atoms with Crippen LogP contribution in [0.5, 0.6) is 11.6 Å². The van der Waals surface area contributed by atoms with Gasteiger partial charge in [-0.2, -0.15) is 18.2 Å². The molecule has 0 amide bonds. The molecule has 8 heteroatoms. The second-order valence-electron chi connectivity index (χ2n) is 6.43. The minimum Gasteiger partial charge on any atom is -0.493 e. The van der Waals surface area contributed by atoms with E-state index in [0.717, 1.165) is 0 Å². The first kappa shape index (κ1) is 19.8. The van der Waals surface area contributed by atoms with E-state index in [1.54, 1.807) is 38.1 Å². The van der Waals surface area contributed by atoms with Crippen LogP contribution in [0.3, 0.4) is 0 Å². The van der Waals surface area contributed by atoms with Gasteiger partial charge in [0.15, 0.2) is 0 Å². The smallest absolute Gasteiger partial charge is 0.423 e. The van der Waals surface area contributed by atoms with Crippen molar-refractivity contribution in [2.24, 2.45) is 5.92 Å². The fraction of sp³-hybridized carbons (Fsp3) is 0.444. The molecule has 1 aromatic heterocycles. The molecule has 0 aliphatic carbocycles. The molecule has 0 aliphatic heterocycles. The fourth-order valence-corrected chi connectivity index (χ4v) is 1.96. The van der Waals surface area contributed by atoms with E-state index in [1.807, 2.05) is 0 Å². The summed E-state index contributed by atoms with van der Waals surface area (Å²) >= 11 is 0. The van der Waals surface area contributed by atoms with E-state index in [1.165, 1.54) is 0 Å². The van der Waals surface area contributed by atoms with Crippen molar-refractivity contribution in [1.29, 1.82) is 0 Å². The molecule has 142 valence electrons. The highest BCUT2D eigenvalue weighted by Crippen LogP contribution is 2.35. The summed E-state index contributed by atoms with van der Waals surface area (Å²) in [6.07, 6.45) is -4.32. The Morgan fingerprint density at radius 1 is 1.08 bits per heavy atom. The number of aromatic nitrogens is 2. The van der Waals surface area contributed by atoms with E-state index in [9.17, 15) is 13.2 Å². The number of ether oxygens (including phenoxy) is 2. The number of alkyl halides is 3. The third-order valence-electron chi connectivity index (χ3n) is 3.10. The fourth-order valence-electron chi connectivity index (χ4n) is 1.96. The molecule has 1 N–H and O–H groups in total. The maximum Gasteiger partial charge on any atom is 0.423 e. The SMILES string of the molecule is CC(C)COc1ccc(Nc2ncc(C(F)(F)F)c(OC(C)C)n2)cc1. The summed E-state index contributed by atoms with van der Waals surface area (Å²) in [5.74, 6) is 0.639. The molecule has 0 atom stereocenters. The Balaban J connectivity index is 2.16. The zero-order valence-corrected chi connectivity index (χ0v) is 15.1. The molecule has 2 aromatic rings. The zero-order valence-electron chi connectivity index (χ0n) is 15.1. The maximum absolute atomic E-state index is 13.0. The van der Waals surface area contributed by atoms with Crippen molar-refractivity contribution >= 4 is 11.6 Å². The predicted octanol–water partition coefficient (Wildman–Crippen LogP) is 5.06. The van der Waals surface area contributed by atoms with Gasteiger partial charge in [-0.15, -0.1) is 0 Å². The van der Waals surface area contributed by atoms with E-state index >= 15 is 0 Å². The average Bonchev–Trinajstić information content (AvgIpc) is 2.52. The summed E-state index contributed by atoms with van der Waals surface area (Å²) in [5, 5.41) is 2.86. The molecule has 0 fully saturated rings. The Kier molecular flexibility index (Phi) is 6.28. The third-order valence-corrected chi connectivity index (χ3v) is 3.10. The van der Waals surface area contributed by atoms with Crippen molar-refractivity contribution in [2.75, 3.05) is 11.9 Å². The van der Waals surface area contributed by atoms with E-state index in [-0.39, 0.29) is 5.95 Å². The molecular formula is C18H22F3N3O2. The van der Waals surface area contributed by atoms with Gasteiger partial charge in [-0.1, -0.05) is 13.8 Å². The zero-order chi connectivity index (χ0) is 19.3. The molecule has 2 rings (SSSR count). The third kappa shape index (κ3) is 5.79. The monoisotopic (exact) mass is 369 g/mol. The molecule has 1 heterocycles. The first-order chi connectivity index (χ1) is 12.1. The number of hydrogen-bond donors (Lipinski definition) is 1. The highest BCUT2D eigenvalue weighted by Gasteiger charge is 2.36. The van der Waals surface area contributed by atoms with Gasteiger partial charge in [0.2, 0.25) is 11.8 Å². The lowest BCUT2D eigenvalue weighted by atomic mass is 10.2. The number of benzene rings is 1. The average molecular weight is 369 g/mol. The Morgan fingerprint density at radius 2 is 1.73 bits per heavy atom. The number of anilines is 2. The summed E-state index contributed by atoms with van der Waals surface area (Å²) in [5.41, 5.74) is -0.383. The summed E-state index contributed by atoms with van der Waals surface area (Å²) in [7, 11) is 0. The van der Waals surface area contributed by atoms with Gasteiger partial charge in [0.05, 0.1) is 12.7 Å². The van der Waals surface area contributed by atoms with Crippen LogP contribution < -0.4 is 14.8 Å². The van der Waals surface area contributed by atoms with E-state index < -0.39 is 23.7 Å². The summed E-state index contributed by atoms with van der Waals surface area (Å²) in [4.78, 5) is 7.60. The lowest BCUT2D eigenvalue weighted by molar-refractivity contribution is -0.139. The molecular weight excluding hydrogens is 347 g/mol. The van der Waals surface area contributed by atoms with Gasteiger partial charge in [-0.3, -0.25) is 0 Å². The van der Waals surface area contributed by atoms with Crippen molar-refractivity contribution in [2.45, 2.75) is 40.0 Å². The topological polar surface area (TPSA) is 56.3 Å². The van der Waals surface area contributed by atoms with Gasteiger partial charge in [-0.25, -0.2) is 4.98 Å². The minimum atomic E-state index is -4.59. The number of halogens is 3. The van der Waals surface area contributed by atoms with Crippen LogP contribution in [-0.2, 0) is 6.18 Å². The number of rotatable bonds is 7. The van der Waals surface area contributed by atoms with Gasteiger partial charge in [0.1, 0.15) is 11.3 Å². The standard InChI is InChI=1S/C18H22F3N3O2/c1-11(2)10-25-14-7-5-13(6-8-14)23-17-22-9-15(18(19,20)21)16(24-17)26-12(3)4/h5-9,11-12H,10H2,1-4H3,(H,22,23,24). The van der Waals surface area contributed by atoms with Crippen molar-refractivity contribution in [3.8, 4) is 11.6 Å². The van der Waals surface area contributed by atoms with Crippen molar-refractivity contribution in [3.05, 3.63) is 36.0 Å². The second kappa shape index (κ2) is 8.25. The van der Waals surface area contributed by atoms with Crippen LogP contribution in [0.4, 0.5) is 24.8 Å². The molecule has 0 spiro atoms. The lowest BCUT2D eigenvalue weighted by Gasteiger charge is -2.16. The molecule has 1 aromatic carbocycles. The Bertz CT molecular complexity index is 717. The van der Waals surface area contributed by atoms with Crippen LogP contribution in [0.25, 0.3) is 0 Å². The first-order valence-electron chi connectivity index (χ1n) is 8.26. The Morgan fingerprint density at radius 3 is 2.27 bits per heavy atom. The molecule has 5 nitrogen and oxygen atoms in total. The van der Waals surface area contributed by atoms with E-state index in [0.29, 0.717) is 30.2 Å². The molecule has 0 radical (unpaired) electrons. The largest absolute Gasteiger partial charge is 0.493 e. The Hall–Kier alpha value is -2.51. The summed E-state index contributed by atoms with van der Waals surface area (Å²) < 4.78 is 49.9. The van der Waals surface area contributed by atoms with Crippen molar-refractivity contribution < 1.29 is 22.6 Å². The van der Waals surface area contributed by atoms with Crippen LogP contribution in [0.2, 0.25) is 0 Å². The molecule has 26 heavy (non-hydrogen) atoms. The van der Waals surface area contributed by atoms with E-state index in [4.69, 9.17) is 9.47 Å². The first-order valence-corrected chi connectivity index (χ1v) is 8.26. The van der Waals surface area contributed by atoms with Crippen LogP contribution in [0.1, 0.15) is 33.3 Å². The van der Waals surface area contributed by atoms with Crippen LogP contribution in [-0.4, -0.2) is 22.7 Å². The highest BCUT2D eigenvalue weighted by molar-refractivity contribution is 5.55. The quantitative estimate of drug-likeness (QED) is 0.739. The second-order valence-corrected chi connectivity index (χ2v) is 6.43. The highest BCUT2D eigenvalue weighted by atomic mass is 19.4.